The van der Waals surface area contributed by atoms with Crippen LogP contribution in [0.5, 0.6) is 5.75 Å². The fourth-order valence-corrected chi connectivity index (χ4v) is 4.96. The monoisotopic (exact) mass is 413 g/mol. The largest absolute Gasteiger partial charge is 0.494 e. The van der Waals surface area contributed by atoms with Crippen LogP contribution in [0.2, 0.25) is 0 Å². The lowest BCUT2D eigenvalue weighted by molar-refractivity contribution is -0.0846. The Morgan fingerprint density at radius 2 is 1.83 bits per heavy atom. The van der Waals surface area contributed by atoms with Gasteiger partial charge < -0.3 is 19.5 Å². The number of halogens is 1. The van der Waals surface area contributed by atoms with Crippen molar-refractivity contribution in [1.29, 1.82) is 0 Å². The molecule has 5 nitrogen and oxygen atoms in total. The molecule has 0 radical (unpaired) electrons. The molecule has 2 fully saturated rings. The Bertz CT molecular complexity index is 874. The van der Waals surface area contributed by atoms with E-state index in [0.29, 0.717) is 19.3 Å². The minimum atomic E-state index is -0.965. The van der Waals surface area contributed by atoms with Crippen LogP contribution < -0.4 is 4.74 Å². The second-order valence-electron chi connectivity index (χ2n) is 8.46. The normalized spacial score (nSPS) is 25.6. The number of carbonyl (C=O) groups is 1. The third kappa shape index (κ3) is 4.43. The Labute approximate surface area is 176 Å². The van der Waals surface area contributed by atoms with E-state index in [1.54, 1.807) is 12.1 Å². The molecule has 4 rings (SSSR count). The van der Waals surface area contributed by atoms with E-state index in [1.807, 2.05) is 35.2 Å². The van der Waals surface area contributed by atoms with E-state index in [0.717, 1.165) is 30.4 Å². The second kappa shape index (κ2) is 8.64. The van der Waals surface area contributed by atoms with Crippen LogP contribution in [0.25, 0.3) is 0 Å². The number of methoxy groups -OCH3 is 1. The Kier molecular flexibility index (Phi) is 5.95. The molecule has 160 valence electrons. The Balaban J connectivity index is 1.43. The number of fused-ring (bicyclic) bond motifs is 2. The summed E-state index contributed by atoms with van der Waals surface area (Å²) in [6.07, 6.45) is 3.70. The van der Waals surface area contributed by atoms with E-state index in [-0.39, 0.29) is 30.5 Å². The number of benzene rings is 2. The van der Waals surface area contributed by atoms with Gasteiger partial charge in [0, 0.05) is 18.5 Å². The highest BCUT2D eigenvalue weighted by atomic mass is 19.1. The van der Waals surface area contributed by atoms with Gasteiger partial charge in [-0.25, -0.2) is 9.18 Å². The van der Waals surface area contributed by atoms with Crippen LogP contribution in [-0.4, -0.2) is 40.9 Å². The Morgan fingerprint density at radius 3 is 2.47 bits per heavy atom. The minimum Gasteiger partial charge on any atom is -0.494 e. The first kappa shape index (κ1) is 20.7. The second-order valence-corrected chi connectivity index (χ2v) is 8.46. The lowest BCUT2D eigenvalue weighted by atomic mass is 9.73. The summed E-state index contributed by atoms with van der Waals surface area (Å²) < 4.78 is 24.6. The van der Waals surface area contributed by atoms with Crippen molar-refractivity contribution in [3.8, 4) is 5.75 Å². The summed E-state index contributed by atoms with van der Waals surface area (Å²) in [4.78, 5) is 14.7. The number of rotatable bonds is 5. The first-order valence-corrected chi connectivity index (χ1v) is 10.5. The molecule has 2 aliphatic rings. The van der Waals surface area contributed by atoms with E-state index in [9.17, 15) is 14.3 Å². The highest BCUT2D eigenvalue weighted by molar-refractivity contribution is 5.69. The van der Waals surface area contributed by atoms with Gasteiger partial charge in [-0.3, -0.25) is 0 Å². The number of ether oxygens (including phenoxy) is 2. The average Bonchev–Trinajstić information content (AvgIpc) is 2.72. The minimum absolute atomic E-state index is 0.0612. The van der Waals surface area contributed by atoms with Crippen LogP contribution in [0.1, 0.15) is 43.2 Å². The molecule has 6 heteroatoms. The maximum absolute atomic E-state index is 14.1. The van der Waals surface area contributed by atoms with Gasteiger partial charge in [0.25, 0.3) is 0 Å². The highest BCUT2D eigenvalue weighted by Crippen LogP contribution is 2.41. The number of carbonyl (C=O) groups excluding carboxylic acids is 1. The summed E-state index contributed by atoms with van der Waals surface area (Å²) in [5, 5.41) is 11.3. The Morgan fingerprint density at radius 1 is 1.13 bits per heavy atom. The zero-order valence-corrected chi connectivity index (χ0v) is 17.2. The SMILES string of the molecule is COc1ccc(CC2(O)CC3CCCC(C2)N3C(=O)OCc2ccccc2)cc1F. The number of nitrogens with zero attached hydrogens (tertiary/aromatic N) is 1. The zero-order chi connectivity index (χ0) is 21.1. The van der Waals surface area contributed by atoms with Crippen molar-refractivity contribution in [1.82, 2.24) is 4.90 Å². The smallest absolute Gasteiger partial charge is 0.410 e. The van der Waals surface area contributed by atoms with Gasteiger partial charge in [0.2, 0.25) is 0 Å². The van der Waals surface area contributed by atoms with Gasteiger partial charge >= 0.3 is 6.09 Å². The molecule has 0 spiro atoms. The Hall–Kier alpha value is -2.60. The summed E-state index contributed by atoms with van der Waals surface area (Å²) in [5.41, 5.74) is 0.715. The van der Waals surface area contributed by atoms with Crippen LogP contribution in [0.3, 0.4) is 0 Å². The van der Waals surface area contributed by atoms with E-state index in [2.05, 4.69) is 0 Å². The van der Waals surface area contributed by atoms with E-state index in [4.69, 9.17) is 9.47 Å². The summed E-state index contributed by atoms with van der Waals surface area (Å²) in [6, 6.07) is 14.3. The summed E-state index contributed by atoms with van der Waals surface area (Å²) in [7, 11) is 1.43. The number of aliphatic hydroxyl groups is 1. The summed E-state index contributed by atoms with van der Waals surface area (Å²) in [6.45, 7) is 0.241. The van der Waals surface area contributed by atoms with Crippen LogP contribution in [-0.2, 0) is 17.8 Å². The molecule has 2 saturated heterocycles. The first-order valence-electron chi connectivity index (χ1n) is 10.5. The van der Waals surface area contributed by atoms with E-state index >= 15 is 0 Å². The predicted octanol–water partition coefficient (Wildman–Crippen LogP) is 4.46. The topological polar surface area (TPSA) is 59.0 Å². The molecule has 30 heavy (non-hydrogen) atoms. The van der Waals surface area contributed by atoms with Crippen LogP contribution in [0, 0.1) is 5.82 Å². The summed E-state index contributed by atoms with van der Waals surface area (Å²) in [5.74, 6) is -0.237. The molecule has 2 aromatic carbocycles. The van der Waals surface area contributed by atoms with Gasteiger partial charge in [-0.2, -0.15) is 0 Å². The molecular formula is C24H28FNO4. The fraction of sp³-hybridized carbons (Fsp3) is 0.458. The molecule has 2 heterocycles. The predicted molar refractivity (Wildman–Crippen MR) is 111 cm³/mol. The lowest BCUT2D eigenvalue weighted by Gasteiger charge is -2.51. The first-order chi connectivity index (χ1) is 14.5. The number of hydrogen-bond acceptors (Lipinski definition) is 4. The maximum atomic E-state index is 14.1. The van der Waals surface area contributed by atoms with Crippen LogP contribution in [0.4, 0.5) is 9.18 Å². The number of hydrogen-bond donors (Lipinski definition) is 1. The van der Waals surface area contributed by atoms with Crippen molar-refractivity contribution in [3.63, 3.8) is 0 Å². The van der Waals surface area contributed by atoms with Gasteiger partial charge in [0.1, 0.15) is 6.61 Å². The molecule has 2 atom stereocenters. The third-order valence-electron chi connectivity index (χ3n) is 6.26. The molecule has 0 aromatic heterocycles. The molecule has 2 aliphatic heterocycles. The molecule has 2 bridgehead atoms. The van der Waals surface area contributed by atoms with Gasteiger partial charge in [-0.1, -0.05) is 36.4 Å². The average molecular weight is 413 g/mol. The zero-order valence-electron chi connectivity index (χ0n) is 17.2. The van der Waals surface area contributed by atoms with E-state index in [1.165, 1.54) is 13.2 Å². The lowest BCUT2D eigenvalue weighted by Crippen LogP contribution is -2.60. The van der Waals surface area contributed by atoms with Gasteiger partial charge in [-0.05, 0) is 55.4 Å². The highest BCUT2D eigenvalue weighted by Gasteiger charge is 2.47. The molecule has 2 aromatic rings. The van der Waals surface area contributed by atoms with Crippen molar-refractivity contribution in [2.75, 3.05) is 7.11 Å². The van der Waals surface area contributed by atoms with Crippen molar-refractivity contribution >= 4 is 6.09 Å². The molecule has 0 aliphatic carbocycles. The number of piperidine rings is 2. The third-order valence-corrected chi connectivity index (χ3v) is 6.26. The van der Waals surface area contributed by atoms with Crippen molar-refractivity contribution in [2.45, 2.75) is 62.8 Å². The van der Waals surface area contributed by atoms with Crippen molar-refractivity contribution in [2.24, 2.45) is 0 Å². The molecule has 1 amide bonds. The summed E-state index contributed by atoms with van der Waals surface area (Å²) >= 11 is 0. The van der Waals surface area contributed by atoms with Crippen molar-refractivity contribution in [3.05, 3.63) is 65.5 Å². The van der Waals surface area contributed by atoms with Gasteiger partial charge in [0.05, 0.1) is 12.7 Å². The van der Waals surface area contributed by atoms with E-state index < -0.39 is 11.4 Å². The fourth-order valence-electron chi connectivity index (χ4n) is 4.96. The van der Waals surface area contributed by atoms with Crippen LogP contribution in [0.15, 0.2) is 48.5 Å². The molecule has 0 saturated carbocycles. The molecule has 2 unspecified atom stereocenters. The molecular weight excluding hydrogens is 385 g/mol. The van der Waals surface area contributed by atoms with Gasteiger partial charge in [-0.15, -0.1) is 0 Å². The van der Waals surface area contributed by atoms with Crippen LogP contribution >= 0.6 is 0 Å². The van der Waals surface area contributed by atoms with Crippen molar-refractivity contribution < 1.29 is 23.8 Å². The number of amides is 1. The maximum Gasteiger partial charge on any atom is 0.410 e. The quantitative estimate of drug-likeness (QED) is 0.786. The molecule has 1 N–H and O–H groups in total. The van der Waals surface area contributed by atoms with Gasteiger partial charge in [0.15, 0.2) is 11.6 Å². The standard InChI is InChI=1S/C24H28FNO4/c1-29-22-11-10-18(12-21(22)25)13-24(28)14-19-8-5-9-20(15-24)26(19)23(27)30-16-17-6-3-2-4-7-17/h2-4,6-7,10-12,19-20,28H,5,8-9,13-16H2,1H3.